The molecule has 1 aliphatic rings. The predicted molar refractivity (Wildman–Crippen MR) is 108 cm³/mol. The molecule has 1 heterocycles. The zero-order valence-electron chi connectivity index (χ0n) is 16.7. The van der Waals surface area contributed by atoms with Gasteiger partial charge in [0.25, 0.3) is 0 Å². The van der Waals surface area contributed by atoms with Crippen molar-refractivity contribution in [1.29, 1.82) is 0 Å². The summed E-state index contributed by atoms with van der Waals surface area (Å²) in [5.41, 5.74) is 1.09. The Hall–Kier alpha value is -2.58. The second-order valence-corrected chi connectivity index (χ2v) is 8.70. The highest BCUT2D eigenvalue weighted by Crippen LogP contribution is 2.35. The van der Waals surface area contributed by atoms with Gasteiger partial charge in [0, 0.05) is 6.04 Å². The van der Waals surface area contributed by atoms with Gasteiger partial charge in [0.15, 0.2) is 11.5 Å². The molecule has 0 unspecified atom stereocenters. The minimum absolute atomic E-state index is 0.00820. The molecule has 0 radical (unpaired) electrons. The summed E-state index contributed by atoms with van der Waals surface area (Å²) in [4.78, 5) is 11.8. The van der Waals surface area contributed by atoms with Crippen molar-refractivity contribution in [2.24, 2.45) is 5.92 Å². The average molecular weight is 419 g/mol. The first kappa shape index (κ1) is 21.1. The minimum Gasteiger partial charge on any atom is -0.486 e. The molecule has 8 heteroatoms. The molecule has 0 fully saturated rings. The van der Waals surface area contributed by atoms with E-state index < -0.39 is 22.0 Å². The number of ether oxygens (including phenoxy) is 3. The molecule has 29 heavy (non-hydrogen) atoms. The first-order valence-corrected chi connectivity index (χ1v) is 11.0. The van der Waals surface area contributed by atoms with Gasteiger partial charge >= 0.3 is 5.97 Å². The molecule has 156 valence electrons. The van der Waals surface area contributed by atoms with Gasteiger partial charge in [0.1, 0.15) is 13.2 Å². The third-order valence-corrected chi connectivity index (χ3v) is 6.01. The van der Waals surface area contributed by atoms with E-state index in [0.29, 0.717) is 30.3 Å². The maximum absolute atomic E-state index is 12.9. The largest absolute Gasteiger partial charge is 0.486 e. The van der Waals surface area contributed by atoms with Crippen molar-refractivity contribution >= 4 is 16.0 Å². The van der Waals surface area contributed by atoms with Crippen LogP contribution in [0, 0.1) is 5.92 Å². The number of hydrogen-bond donors (Lipinski definition) is 1. The summed E-state index contributed by atoms with van der Waals surface area (Å²) in [6.07, 6.45) is 0. The molecule has 0 bridgehead atoms. The Balaban J connectivity index is 1.83. The Kier molecular flexibility index (Phi) is 6.44. The number of fused-ring (bicyclic) bond motifs is 1. The highest BCUT2D eigenvalue weighted by atomic mass is 32.2. The number of nitrogens with one attached hydrogen (secondary N) is 1. The second-order valence-electron chi connectivity index (χ2n) is 6.99. The van der Waals surface area contributed by atoms with Crippen molar-refractivity contribution < 1.29 is 27.4 Å². The molecule has 1 atom stereocenters. The van der Waals surface area contributed by atoms with Crippen LogP contribution in [-0.2, 0) is 14.8 Å². The summed E-state index contributed by atoms with van der Waals surface area (Å²) in [5.74, 6) is 0.768. The summed E-state index contributed by atoms with van der Waals surface area (Å²) < 4.78 is 44.7. The van der Waals surface area contributed by atoms with E-state index in [4.69, 9.17) is 14.2 Å². The van der Waals surface area contributed by atoms with Crippen LogP contribution < -0.4 is 14.2 Å². The number of rotatable bonds is 7. The van der Waals surface area contributed by atoms with Crippen LogP contribution in [0.5, 0.6) is 11.5 Å². The van der Waals surface area contributed by atoms with Gasteiger partial charge in [-0.05, 0) is 54.8 Å². The molecule has 7 nitrogen and oxygen atoms in total. The Morgan fingerprint density at radius 3 is 2.34 bits per heavy atom. The van der Waals surface area contributed by atoms with Crippen molar-refractivity contribution in [2.45, 2.75) is 31.7 Å². The first-order valence-electron chi connectivity index (χ1n) is 9.51. The van der Waals surface area contributed by atoms with Crippen LogP contribution >= 0.6 is 0 Å². The Labute approximate surface area is 171 Å². The Bertz CT molecular complexity index is 969. The highest BCUT2D eigenvalue weighted by Gasteiger charge is 2.26. The van der Waals surface area contributed by atoms with Crippen molar-refractivity contribution in [1.82, 2.24) is 4.72 Å². The normalized spacial score (nSPS) is 14.5. The molecule has 1 aliphatic heterocycles. The third kappa shape index (κ3) is 4.89. The predicted octanol–water partition coefficient (Wildman–Crippen LogP) is 3.31. The van der Waals surface area contributed by atoms with E-state index in [1.807, 2.05) is 26.0 Å². The zero-order valence-corrected chi connectivity index (χ0v) is 17.5. The number of sulfonamides is 1. The Morgan fingerprint density at radius 2 is 1.72 bits per heavy atom. The molecule has 1 N–H and O–H groups in total. The topological polar surface area (TPSA) is 90.9 Å². The van der Waals surface area contributed by atoms with E-state index in [1.165, 1.54) is 24.3 Å². The molecule has 2 aromatic rings. The summed E-state index contributed by atoms with van der Waals surface area (Å²) in [7, 11) is -3.80. The lowest BCUT2D eigenvalue weighted by atomic mass is 9.97. The SMILES string of the molecule is CCOC(=O)c1ccc(S(=O)(=O)N[C@@H](c2ccc3c(c2)OCCO3)C(C)C)cc1. The van der Waals surface area contributed by atoms with Gasteiger partial charge in [-0.3, -0.25) is 0 Å². The van der Waals surface area contributed by atoms with Gasteiger partial charge in [0.2, 0.25) is 10.0 Å². The fourth-order valence-electron chi connectivity index (χ4n) is 3.06. The summed E-state index contributed by atoms with van der Waals surface area (Å²) in [6, 6.07) is 10.7. The van der Waals surface area contributed by atoms with Gasteiger partial charge in [-0.1, -0.05) is 19.9 Å². The van der Waals surface area contributed by atoms with E-state index in [1.54, 1.807) is 13.0 Å². The van der Waals surface area contributed by atoms with Gasteiger partial charge in [0.05, 0.1) is 17.1 Å². The van der Waals surface area contributed by atoms with Crippen LogP contribution in [0.4, 0.5) is 0 Å². The van der Waals surface area contributed by atoms with Gasteiger partial charge in [-0.25, -0.2) is 17.9 Å². The second kappa shape index (κ2) is 8.84. The van der Waals surface area contributed by atoms with Crippen molar-refractivity contribution in [3.05, 3.63) is 53.6 Å². The standard InChI is InChI=1S/C21H25NO6S/c1-4-26-21(23)15-5-8-17(9-6-15)29(24,25)22-20(14(2)3)16-7-10-18-19(13-16)28-12-11-27-18/h5-10,13-14,20,22H,4,11-12H2,1-3H3/t20-/m1/s1. The van der Waals surface area contributed by atoms with Gasteiger partial charge < -0.3 is 14.2 Å². The minimum atomic E-state index is -3.80. The highest BCUT2D eigenvalue weighted by molar-refractivity contribution is 7.89. The number of carbonyl (C=O) groups is 1. The molecule has 0 spiro atoms. The quantitative estimate of drug-likeness (QED) is 0.693. The first-order chi connectivity index (χ1) is 13.8. The smallest absolute Gasteiger partial charge is 0.338 e. The van der Waals surface area contributed by atoms with E-state index in [-0.39, 0.29) is 17.4 Å². The number of hydrogen-bond acceptors (Lipinski definition) is 6. The van der Waals surface area contributed by atoms with Crippen LogP contribution in [-0.4, -0.2) is 34.2 Å². The molecule has 0 saturated heterocycles. The Morgan fingerprint density at radius 1 is 1.07 bits per heavy atom. The summed E-state index contributed by atoms with van der Waals surface area (Å²) in [5, 5.41) is 0. The van der Waals surface area contributed by atoms with Crippen LogP contribution in [0.1, 0.15) is 42.7 Å². The van der Waals surface area contributed by atoms with Crippen LogP contribution in [0.15, 0.2) is 47.4 Å². The lowest BCUT2D eigenvalue weighted by Crippen LogP contribution is -2.32. The molecule has 0 aromatic heterocycles. The lowest BCUT2D eigenvalue weighted by Gasteiger charge is -2.25. The van der Waals surface area contributed by atoms with E-state index in [2.05, 4.69) is 4.72 Å². The van der Waals surface area contributed by atoms with Crippen molar-refractivity contribution in [3.63, 3.8) is 0 Å². The van der Waals surface area contributed by atoms with Gasteiger partial charge in [-0.2, -0.15) is 0 Å². The number of carbonyl (C=O) groups excluding carboxylic acids is 1. The maximum Gasteiger partial charge on any atom is 0.338 e. The molecule has 3 rings (SSSR count). The number of benzene rings is 2. The lowest BCUT2D eigenvalue weighted by molar-refractivity contribution is 0.0526. The fourth-order valence-corrected chi connectivity index (χ4v) is 4.44. The zero-order chi connectivity index (χ0) is 21.0. The molecular formula is C21H25NO6S. The summed E-state index contributed by atoms with van der Waals surface area (Å²) in [6.45, 7) is 6.80. The molecule has 0 amide bonds. The average Bonchev–Trinajstić information content (AvgIpc) is 2.72. The molecular weight excluding hydrogens is 394 g/mol. The van der Waals surface area contributed by atoms with E-state index in [0.717, 1.165) is 5.56 Å². The van der Waals surface area contributed by atoms with Crippen molar-refractivity contribution in [3.8, 4) is 11.5 Å². The van der Waals surface area contributed by atoms with Gasteiger partial charge in [-0.15, -0.1) is 0 Å². The monoisotopic (exact) mass is 419 g/mol. The van der Waals surface area contributed by atoms with Crippen LogP contribution in [0.2, 0.25) is 0 Å². The van der Waals surface area contributed by atoms with Crippen molar-refractivity contribution in [2.75, 3.05) is 19.8 Å². The van der Waals surface area contributed by atoms with E-state index >= 15 is 0 Å². The van der Waals surface area contributed by atoms with Crippen LogP contribution in [0.3, 0.4) is 0 Å². The molecule has 0 aliphatic carbocycles. The fraction of sp³-hybridized carbons (Fsp3) is 0.381. The maximum atomic E-state index is 12.9. The number of esters is 1. The molecule has 0 saturated carbocycles. The molecule has 2 aromatic carbocycles. The van der Waals surface area contributed by atoms with Crippen LogP contribution in [0.25, 0.3) is 0 Å². The van der Waals surface area contributed by atoms with E-state index in [9.17, 15) is 13.2 Å². The summed E-state index contributed by atoms with van der Waals surface area (Å²) >= 11 is 0. The third-order valence-electron chi connectivity index (χ3n) is 4.55.